The van der Waals surface area contributed by atoms with Crippen LogP contribution in [0.1, 0.15) is 22.1 Å². The second-order valence-corrected chi connectivity index (χ2v) is 4.84. The fourth-order valence-corrected chi connectivity index (χ4v) is 1.90. The number of aromatic nitrogens is 2. The summed E-state index contributed by atoms with van der Waals surface area (Å²) in [7, 11) is 3.61. The lowest BCUT2D eigenvalue weighted by atomic mass is 10.2. The van der Waals surface area contributed by atoms with Gasteiger partial charge in [0.25, 0.3) is 5.91 Å². The second-order valence-electron chi connectivity index (χ2n) is 4.84. The standard InChI is InChI=1S/C15H20N4O3/c1-11-17-14(18-22-11)10-21-13-7-5-4-6-12(13)15(20)19(3)9-8-16-2/h4-7,16H,8-10H2,1-3H3. The Bertz CT molecular complexity index is 627. The number of amides is 1. The molecule has 2 aromatic rings. The van der Waals surface area contributed by atoms with Crippen LogP contribution in [0, 0.1) is 6.92 Å². The average Bonchev–Trinajstić information content (AvgIpc) is 2.95. The maximum Gasteiger partial charge on any atom is 0.257 e. The predicted molar refractivity (Wildman–Crippen MR) is 80.7 cm³/mol. The van der Waals surface area contributed by atoms with Crippen LogP contribution in [0.15, 0.2) is 28.8 Å². The molecule has 0 spiro atoms. The molecular weight excluding hydrogens is 284 g/mol. The molecule has 1 aromatic heterocycles. The van der Waals surface area contributed by atoms with Crippen molar-refractivity contribution in [3.63, 3.8) is 0 Å². The molecule has 1 N–H and O–H groups in total. The Balaban J connectivity index is 2.07. The Morgan fingerprint density at radius 1 is 1.41 bits per heavy atom. The molecule has 0 saturated carbocycles. The van der Waals surface area contributed by atoms with Gasteiger partial charge in [0.05, 0.1) is 5.56 Å². The molecule has 0 saturated heterocycles. The van der Waals surface area contributed by atoms with E-state index in [2.05, 4.69) is 15.5 Å². The Hall–Kier alpha value is -2.41. The molecule has 1 amide bonds. The number of hydrogen-bond donors (Lipinski definition) is 1. The number of para-hydroxylation sites is 1. The van der Waals surface area contributed by atoms with E-state index in [1.165, 1.54) is 0 Å². The summed E-state index contributed by atoms with van der Waals surface area (Å²) in [5.74, 6) is 1.35. The molecule has 0 aliphatic rings. The molecule has 0 fully saturated rings. The molecule has 7 nitrogen and oxygen atoms in total. The molecule has 0 aliphatic heterocycles. The molecule has 7 heteroatoms. The Morgan fingerprint density at radius 2 is 2.18 bits per heavy atom. The molecule has 1 aromatic carbocycles. The molecule has 0 bridgehead atoms. The quantitative estimate of drug-likeness (QED) is 0.829. The Morgan fingerprint density at radius 3 is 2.86 bits per heavy atom. The zero-order valence-electron chi connectivity index (χ0n) is 13.0. The third kappa shape index (κ3) is 4.05. The maximum absolute atomic E-state index is 12.5. The molecular formula is C15H20N4O3. The van der Waals surface area contributed by atoms with E-state index in [0.29, 0.717) is 29.6 Å². The number of ether oxygens (including phenoxy) is 1. The molecule has 1 heterocycles. The van der Waals surface area contributed by atoms with Gasteiger partial charge in [0, 0.05) is 27.1 Å². The highest BCUT2D eigenvalue weighted by atomic mass is 16.5. The van der Waals surface area contributed by atoms with Gasteiger partial charge in [0.15, 0.2) is 6.61 Å². The lowest BCUT2D eigenvalue weighted by Gasteiger charge is -2.18. The van der Waals surface area contributed by atoms with Crippen LogP contribution in [0.2, 0.25) is 0 Å². The summed E-state index contributed by atoms with van der Waals surface area (Å²) < 4.78 is 10.6. The minimum atomic E-state index is -0.0878. The van der Waals surface area contributed by atoms with E-state index in [1.807, 2.05) is 19.2 Å². The number of nitrogens with zero attached hydrogens (tertiary/aromatic N) is 3. The summed E-state index contributed by atoms with van der Waals surface area (Å²) in [5.41, 5.74) is 0.515. The summed E-state index contributed by atoms with van der Waals surface area (Å²) in [6, 6.07) is 7.13. The van der Waals surface area contributed by atoms with E-state index in [1.54, 1.807) is 31.0 Å². The van der Waals surface area contributed by atoms with Gasteiger partial charge in [-0.25, -0.2) is 0 Å². The van der Waals surface area contributed by atoms with Gasteiger partial charge in [0.2, 0.25) is 11.7 Å². The third-order valence-electron chi connectivity index (χ3n) is 3.09. The number of likely N-dealkylation sites (N-methyl/N-ethyl adjacent to an activating group) is 2. The van der Waals surface area contributed by atoms with Crippen LogP contribution < -0.4 is 10.1 Å². The van der Waals surface area contributed by atoms with Crippen LogP contribution in [0.4, 0.5) is 0 Å². The van der Waals surface area contributed by atoms with Gasteiger partial charge >= 0.3 is 0 Å². The van der Waals surface area contributed by atoms with E-state index in [-0.39, 0.29) is 12.5 Å². The number of aryl methyl sites for hydroxylation is 1. The van der Waals surface area contributed by atoms with Crippen LogP contribution in [0.5, 0.6) is 5.75 Å². The van der Waals surface area contributed by atoms with Crippen molar-refractivity contribution < 1.29 is 14.1 Å². The van der Waals surface area contributed by atoms with Gasteiger partial charge in [-0.3, -0.25) is 4.79 Å². The van der Waals surface area contributed by atoms with Gasteiger partial charge in [-0.15, -0.1) is 0 Å². The van der Waals surface area contributed by atoms with Gasteiger partial charge < -0.3 is 19.5 Å². The molecule has 0 aliphatic carbocycles. The summed E-state index contributed by atoms with van der Waals surface area (Å²) in [6.45, 7) is 3.22. The molecule has 118 valence electrons. The highest BCUT2D eigenvalue weighted by molar-refractivity contribution is 5.96. The van der Waals surface area contributed by atoms with Crippen LogP contribution in [0.25, 0.3) is 0 Å². The predicted octanol–water partition coefficient (Wildman–Crippen LogP) is 1.25. The van der Waals surface area contributed by atoms with E-state index in [9.17, 15) is 4.79 Å². The fourth-order valence-electron chi connectivity index (χ4n) is 1.90. The first-order valence-electron chi connectivity index (χ1n) is 7.03. The SMILES string of the molecule is CNCCN(C)C(=O)c1ccccc1OCc1noc(C)n1. The van der Waals surface area contributed by atoms with Crippen molar-refractivity contribution in [1.82, 2.24) is 20.4 Å². The van der Waals surface area contributed by atoms with Crippen molar-refractivity contribution in [1.29, 1.82) is 0 Å². The van der Waals surface area contributed by atoms with Crippen molar-refractivity contribution in [2.24, 2.45) is 0 Å². The normalized spacial score (nSPS) is 10.5. The third-order valence-corrected chi connectivity index (χ3v) is 3.09. The van der Waals surface area contributed by atoms with E-state index in [4.69, 9.17) is 9.26 Å². The van der Waals surface area contributed by atoms with Crippen LogP contribution in [-0.4, -0.2) is 48.1 Å². The minimum Gasteiger partial charge on any atom is -0.485 e. The van der Waals surface area contributed by atoms with Crippen molar-refractivity contribution in [2.45, 2.75) is 13.5 Å². The first kappa shape index (κ1) is 16.0. The summed E-state index contributed by atoms with van der Waals surface area (Å²) in [5, 5.41) is 6.78. The minimum absolute atomic E-state index is 0.0878. The average molecular weight is 304 g/mol. The molecule has 0 atom stereocenters. The summed E-state index contributed by atoms with van der Waals surface area (Å²) >= 11 is 0. The zero-order valence-corrected chi connectivity index (χ0v) is 13.0. The highest BCUT2D eigenvalue weighted by Crippen LogP contribution is 2.20. The van der Waals surface area contributed by atoms with Crippen molar-refractivity contribution in [3.8, 4) is 5.75 Å². The van der Waals surface area contributed by atoms with E-state index >= 15 is 0 Å². The molecule has 0 radical (unpaired) electrons. The summed E-state index contributed by atoms with van der Waals surface area (Å²) in [6.07, 6.45) is 0. The maximum atomic E-state index is 12.5. The van der Waals surface area contributed by atoms with E-state index < -0.39 is 0 Å². The lowest BCUT2D eigenvalue weighted by Crippen LogP contribution is -2.33. The Kier molecular flexibility index (Phi) is 5.48. The smallest absolute Gasteiger partial charge is 0.257 e. The van der Waals surface area contributed by atoms with E-state index in [0.717, 1.165) is 6.54 Å². The van der Waals surface area contributed by atoms with Crippen LogP contribution >= 0.6 is 0 Å². The van der Waals surface area contributed by atoms with Crippen molar-refractivity contribution in [3.05, 3.63) is 41.5 Å². The lowest BCUT2D eigenvalue weighted by molar-refractivity contribution is 0.0791. The van der Waals surface area contributed by atoms with Crippen LogP contribution in [0.3, 0.4) is 0 Å². The molecule has 22 heavy (non-hydrogen) atoms. The first-order valence-corrected chi connectivity index (χ1v) is 7.03. The van der Waals surface area contributed by atoms with Crippen LogP contribution in [-0.2, 0) is 6.61 Å². The largest absolute Gasteiger partial charge is 0.485 e. The fraction of sp³-hybridized carbons (Fsp3) is 0.400. The second kappa shape index (κ2) is 7.56. The number of carbonyl (C=O) groups is 1. The van der Waals surface area contributed by atoms with Gasteiger partial charge in [-0.05, 0) is 19.2 Å². The van der Waals surface area contributed by atoms with Crippen molar-refractivity contribution >= 4 is 5.91 Å². The molecule has 0 unspecified atom stereocenters. The zero-order chi connectivity index (χ0) is 15.9. The number of hydrogen-bond acceptors (Lipinski definition) is 6. The number of nitrogens with one attached hydrogen (secondary N) is 1. The van der Waals surface area contributed by atoms with Gasteiger partial charge in [-0.1, -0.05) is 17.3 Å². The Labute approximate surface area is 129 Å². The van der Waals surface area contributed by atoms with Gasteiger partial charge in [0.1, 0.15) is 5.75 Å². The summed E-state index contributed by atoms with van der Waals surface area (Å²) in [4.78, 5) is 18.2. The number of rotatable bonds is 7. The molecule has 2 rings (SSSR count). The first-order chi connectivity index (χ1) is 10.6. The van der Waals surface area contributed by atoms with Crippen molar-refractivity contribution in [2.75, 3.05) is 27.2 Å². The van der Waals surface area contributed by atoms with Gasteiger partial charge in [-0.2, -0.15) is 4.98 Å². The highest BCUT2D eigenvalue weighted by Gasteiger charge is 2.16. The number of benzene rings is 1. The topological polar surface area (TPSA) is 80.5 Å². The number of carbonyl (C=O) groups excluding carboxylic acids is 1. The monoisotopic (exact) mass is 304 g/mol.